The maximum atomic E-state index is 10.6. The summed E-state index contributed by atoms with van der Waals surface area (Å²) in [4.78, 5) is 23.2. The number of ether oxygens (including phenoxy) is 1. The molecule has 3 aromatic heterocycles. The largest absolute Gasteiger partial charge is 0.494 e. The predicted octanol–water partition coefficient (Wildman–Crippen LogP) is 3.30. The topological polar surface area (TPSA) is 87.5 Å². The van der Waals surface area contributed by atoms with E-state index in [0.717, 1.165) is 87.1 Å². The molecule has 8 heteroatoms. The van der Waals surface area contributed by atoms with Gasteiger partial charge in [0.2, 0.25) is 0 Å². The summed E-state index contributed by atoms with van der Waals surface area (Å²) in [6, 6.07) is 3.87. The van der Waals surface area contributed by atoms with Crippen LogP contribution in [-0.2, 0) is 0 Å². The molecule has 2 aliphatic heterocycles. The molecule has 34 heavy (non-hydrogen) atoms. The highest BCUT2D eigenvalue weighted by atomic mass is 16.5. The molecule has 0 amide bonds. The Labute approximate surface area is 200 Å². The van der Waals surface area contributed by atoms with Gasteiger partial charge in [-0.3, -0.25) is 14.9 Å². The van der Waals surface area contributed by atoms with E-state index in [0.29, 0.717) is 17.0 Å². The van der Waals surface area contributed by atoms with Crippen LogP contribution in [0.1, 0.15) is 38.5 Å². The Morgan fingerprint density at radius 2 is 1.74 bits per heavy atom. The number of aliphatic hydroxyl groups is 1. The van der Waals surface area contributed by atoms with Crippen molar-refractivity contribution in [3.8, 4) is 17.1 Å². The second-order valence-electron chi connectivity index (χ2n) is 10.4. The van der Waals surface area contributed by atoms with Gasteiger partial charge < -0.3 is 14.7 Å². The molecule has 3 aromatic rings. The molecule has 0 unspecified atom stereocenters. The van der Waals surface area contributed by atoms with Crippen LogP contribution in [0.25, 0.3) is 22.3 Å². The summed E-state index contributed by atoms with van der Waals surface area (Å²) in [5, 5.41) is 11.6. The fourth-order valence-corrected chi connectivity index (χ4v) is 5.97. The SMILES string of the molecule is COc1cncc2nc(-c3ccncc3)nc(N3CCC4(CCN(CC5(O)CCC5)C4)CC3)c12. The van der Waals surface area contributed by atoms with E-state index in [-0.39, 0.29) is 0 Å². The van der Waals surface area contributed by atoms with Crippen LogP contribution >= 0.6 is 0 Å². The summed E-state index contributed by atoms with van der Waals surface area (Å²) in [6.07, 6.45) is 13.6. The molecule has 3 aliphatic rings. The quantitative estimate of drug-likeness (QED) is 0.621. The molecule has 3 fully saturated rings. The first-order valence-electron chi connectivity index (χ1n) is 12.4. The third-order valence-electron chi connectivity index (χ3n) is 8.15. The minimum Gasteiger partial charge on any atom is -0.494 e. The number of fused-ring (bicyclic) bond motifs is 1. The standard InChI is InChI=1S/C26H32N6O2/c1-34-21-16-28-15-20-22(21)24(30-23(29-20)19-3-10-27-11-4-19)32-13-8-25(9-14-32)7-12-31(17-25)18-26(33)5-2-6-26/h3-4,10-11,15-16,33H,2,5-9,12-14,17-18H2,1H3. The van der Waals surface area contributed by atoms with Crippen LogP contribution in [0.4, 0.5) is 5.82 Å². The lowest BCUT2D eigenvalue weighted by Gasteiger charge is -2.42. The highest BCUT2D eigenvalue weighted by Gasteiger charge is 2.44. The van der Waals surface area contributed by atoms with E-state index in [1.807, 2.05) is 12.1 Å². The minimum atomic E-state index is -0.431. The molecular weight excluding hydrogens is 428 g/mol. The second kappa shape index (κ2) is 8.43. The van der Waals surface area contributed by atoms with Gasteiger partial charge in [-0.05, 0) is 62.6 Å². The van der Waals surface area contributed by atoms with Crippen LogP contribution in [0.15, 0.2) is 36.9 Å². The number of pyridine rings is 2. The number of hydrogen-bond acceptors (Lipinski definition) is 8. The Kier molecular flexibility index (Phi) is 5.37. The average molecular weight is 461 g/mol. The molecule has 1 aliphatic carbocycles. The molecule has 1 saturated carbocycles. The zero-order chi connectivity index (χ0) is 23.2. The Morgan fingerprint density at radius 1 is 0.971 bits per heavy atom. The lowest BCUT2D eigenvalue weighted by molar-refractivity contribution is -0.0567. The Balaban J connectivity index is 1.27. The highest BCUT2D eigenvalue weighted by Crippen LogP contribution is 2.44. The second-order valence-corrected chi connectivity index (χ2v) is 10.4. The van der Waals surface area contributed by atoms with Crippen molar-refractivity contribution in [1.29, 1.82) is 0 Å². The number of rotatable bonds is 5. The summed E-state index contributed by atoms with van der Waals surface area (Å²) >= 11 is 0. The van der Waals surface area contributed by atoms with Gasteiger partial charge in [0.05, 0.1) is 36.0 Å². The Morgan fingerprint density at radius 3 is 2.44 bits per heavy atom. The summed E-state index contributed by atoms with van der Waals surface area (Å²) < 4.78 is 5.66. The lowest BCUT2D eigenvalue weighted by atomic mass is 9.77. The molecule has 6 rings (SSSR count). The number of anilines is 1. The smallest absolute Gasteiger partial charge is 0.162 e. The zero-order valence-electron chi connectivity index (χ0n) is 19.8. The van der Waals surface area contributed by atoms with Gasteiger partial charge in [-0.1, -0.05) is 0 Å². The fourth-order valence-electron chi connectivity index (χ4n) is 5.97. The molecule has 2 saturated heterocycles. The number of aromatic nitrogens is 4. The van der Waals surface area contributed by atoms with Gasteiger partial charge in [0.25, 0.3) is 0 Å². The molecular formula is C26H32N6O2. The molecule has 1 spiro atoms. The normalized spacial score (nSPS) is 21.6. The van der Waals surface area contributed by atoms with Crippen molar-refractivity contribution in [3.63, 3.8) is 0 Å². The molecule has 5 heterocycles. The van der Waals surface area contributed by atoms with Crippen LogP contribution in [-0.4, -0.2) is 75.4 Å². The molecule has 0 atom stereocenters. The summed E-state index contributed by atoms with van der Waals surface area (Å²) in [7, 11) is 1.67. The van der Waals surface area contributed by atoms with Crippen LogP contribution in [0.2, 0.25) is 0 Å². The van der Waals surface area contributed by atoms with E-state index in [1.165, 1.54) is 6.42 Å². The number of likely N-dealkylation sites (tertiary alicyclic amines) is 1. The van der Waals surface area contributed by atoms with Gasteiger partial charge in [0.15, 0.2) is 5.82 Å². The van der Waals surface area contributed by atoms with Crippen LogP contribution in [0.3, 0.4) is 0 Å². The van der Waals surface area contributed by atoms with E-state index in [4.69, 9.17) is 14.7 Å². The maximum absolute atomic E-state index is 10.6. The van der Waals surface area contributed by atoms with Crippen LogP contribution < -0.4 is 9.64 Å². The first-order valence-corrected chi connectivity index (χ1v) is 12.4. The third kappa shape index (κ3) is 3.88. The van der Waals surface area contributed by atoms with Gasteiger partial charge in [-0.15, -0.1) is 0 Å². The van der Waals surface area contributed by atoms with E-state index in [1.54, 1.807) is 31.9 Å². The van der Waals surface area contributed by atoms with E-state index < -0.39 is 5.60 Å². The fraction of sp³-hybridized carbons (Fsp3) is 0.538. The molecule has 0 bridgehead atoms. The van der Waals surface area contributed by atoms with E-state index in [2.05, 4.69) is 19.8 Å². The predicted molar refractivity (Wildman–Crippen MR) is 131 cm³/mol. The Hall–Kier alpha value is -2.84. The van der Waals surface area contributed by atoms with Gasteiger partial charge in [0.1, 0.15) is 11.6 Å². The molecule has 1 N–H and O–H groups in total. The van der Waals surface area contributed by atoms with Crippen molar-refractivity contribution >= 4 is 16.7 Å². The molecule has 8 nitrogen and oxygen atoms in total. The zero-order valence-corrected chi connectivity index (χ0v) is 19.8. The number of methoxy groups -OCH3 is 1. The number of hydrogen-bond donors (Lipinski definition) is 1. The molecule has 0 aromatic carbocycles. The van der Waals surface area contributed by atoms with E-state index >= 15 is 0 Å². The van der Waals surface area contributed by atoms with Crippen molar-refractivity contribution in [1.82, 2.24) is 24.8 Å². The molecule has 178 valence electrons. The van der Waals surface area contributed by atoms with Gasteiger partial charge in [-0.2, -0.15) is 0 Å². The van der Waals surface area contributed by atoms with Crippen LogP contribution in [0, 0.1) is 5.41 Å². The maximum Gasteiger partial charge on any atom is 0.162 e. The van der Waals surface area contributed by atoms with Gasteiger partial charge >= 0.3 is 0 Å². The van der Waals surface area contributed by atoms with Crippen LogP contribution in [0.5, 0.6) is 5.75 Å². The summed E-state index contributed by atoms with van der Waals surface area (Å²) in [6.45, 7) is 4.94. The average Bonchev–Trinajstić information content (AvgIpc) is 3.24. The lowest BCUT2D eigenvalue weighted by Crippen LogP contribution is -2.48. The van der Waals surface area contributed by atoms with Crippen molar-refractivity contribution in [3.05, 3.63) is 36.9 Å². The first-order chi connectivity index (χ1) is 16.6. The van der Waals surface area contributed by atoms with Crippen molar-refractivity contribution in [2.24, 2.45) is 5.41 Å². The van der Waals surface area contributed by atoms with Crippen molar-refractivity contribution < 1.29 is 9.84 Å². The number of piperidine rings is 1. The number of nitrogens with zero attached hydrogens (tertiary/aromatic N) is 6. The minimum absolute atomic E-state index is 0.346. The van der Waals surface area contributed by atoms with E-state index in [9.17, 15) is 5.11 Å². The van der Waals surface area contributed by atoms with Crippen molar-refractivity contribution in [2.45, 2.75) is 44.1 Å². The Bertz CT molecular complexity index is 1170. The van der Waals surface area contributed by atoms with Crippen molar-refractivity contribution in [2.75, 3.05) is 44.7 Å². The highest BCUT2D eigenvalue weighted by molar-refractivity contribution is 5.95. The first kappa shape index (κ1) is 21.7. The third-order valence-corrected chi connectivity index (χ3v) is 8.15. The number of β-amino-alcohol motifs (C(OH)–C–C–N with tert-alkyl or cyclic N) is 1. The summed E-state index contributed by atoms with van der Waals surface area (Å²) in [5.74, 6) is 2.31. The monoisotopic (exact) mass is 460 g/mol. The van der Waals surface area contributed by atoms with Gasteiger partial charge in [-0.25, -0.2) is 9.97 Å². The van der Waals surface area contributed by atoms with Gasteiger partial charge in [0, 0.05) is 44.1 Å². The molecule has 0 radical (unpaired) electrons. The summed E-state index contributed by atoms with van der Waals surface area (Å²) in [5.41, 5.74) is 1.64.